The van der Waals surface area contributed by atoms with E-state index in [0.29, 0.717) is 17.3 Å². The van der Waals surface area contributed by atoms with Crippen molar-refractivity contribution in [3.05, 3.63) is 41.0 Å². The van der Waals surface area contributed by atoms with Crippen molar-refractivity contribution in [2.75, 3.05) is 21.3 Å². The summed E-state index contributed by atoms with van der Waals surface area (Å²) in [6, 6.07) is 5.74. The lowest BCUT2D eigenvalue weighted by molar-refractivity contribution is 0.213. The average molecular weight is 368 g/mol. The van der Waals surface area contributed by atoms with Crippen LogP contribution >= 0.6 is 0 Å². The molecule has 0 amide bonds. The predicted octanol–water partition coefficient (Wildman–Crippen LogP) is 3.73. The molecule has 0 atom stereocenters. The topological polar surface area (TPSA) is 70.8 Å². The molecule has 0 spiro atoms. The van der Waals surface area contributed by atoms with E-state index < -0.39 is 0 Å². The van der Waals surface area contributed by atoms with Crippen molar-refractivity contribution in [1.82, 2.24) is 14.5 Å². The van der Waals surface area contributed by atoms with Crippen LogP contribution in [-0.4, -0.2) is 41.6 Å². The maximum absolute atomic E-state index is 5.61. The molecule has 0 fully saturated rings. The lowest BCUT2D eigenvalue weighted by Crippen LogP contribution is -2.06. The fourth-order valence-corrected chi connectivity index (χ4v) is 3.28. The maximum atomic E-state index is 5.61. The number of fused-ring (bicyclic) bond motifs is 1. The Bertz CT molecular complexity index is 1040. The van der Waals surface area contributed by atoms with E-state index in [0.717, 1.165) is 39.4 Å². The third-order valence-electron chi connectivity index (χ3n) is 4.67. The summed E-state index contributed by atoms with van der Waals surface area (Å²) in [5, 5.41) is 5.02. The highest BCUT2D eigenvalue weighted by molar-refractivity contribution is 6.08. The highest BCUT2D eigenvalue weighted by atomic mass is 16.6. The van der Waals surface area contributed by atoms with E-state index in [9.17, 15) is 0 Å². The van der Waals surface area contributed by atoms with Gasteiger partial charge in [0.05, 0.1) is 25.3 Å². The minimum absolute atomic E-state index is 0.661. The molecule has 142 valence electrons. The molecule has 7 nitrogen and oxygen atoms in total. The van der Waals surface area contributed by atoms with Gasteiger partial charge in [-0.1, -0.05) is 5.16 Å². The zero-order valence-corrected chi connectivity index (χ0v) is 16.7. The van der Waals surface area contributed by atoms with Gasteiger partial charge in [-0.25, -0.2) is 9.97 Å². The maximum Gasteiger partial charge on any atom is 0.149 e. The number of ether oxygens (including phenoxy) is 2. The van der Waals surface area contributed by atoms with Gasteiger partial charge < -0.3 is 14.3 Å². The van der Waals surface area contributed by atoms with Crippen LogP contribution in [0, 0.1) is 20.8 Å². The van der Waals surface area contributed by atoms with Crippen molar-refractivity contribution < 1.29 is 14.3 Å². The van der Waals surface area contributed by atoms with Crippen molar-refractivity contribution >= 4 is 16.7 Å². The number of benzene rings is 1. The van der Waals surface area contributed by atoms with Crippen LogP contribution in [0.2, 0.25) is 0 Å². The van der Waals surface area contributed by atoms with E-state index >= 15 is 0 Å². The molecule has 2 heterocycles. The van der Waals surface area contributed by atoms with E-state index in [-0.39, 0.29) is 0 Å². The van der Waals surface area contributed by atoms with Crippen molar-refractivity contribution in [1.29, 1.82) is 0 Å². The van der Waals surface area contributed by atoms with Crippen LogP contribution in [-0.2, 0) is 4.84 Å². The summed E-state index contributed by atoms with van der Waals surface area (Å²) in [6.07, 6.45) is 0. The Hall–Kier alpha value is -3.09. The van der Waals surface area contributed by atoms with Crippen molar-refractivity contribution in [2.24, 2.45) is 5.16 Å². The Morgan fingerprint density at radius 3 is 2.41 bits per heavy atom. The van der Waals surface area contributed by atoms with Crippen LogP contribution in [0.3, 0.4) is 0 Å². The zero-order chi connectivity index (χ0) is 19.7. The van der Waals surface area contributed by atoms with Crippen LogP contribution in [0.15, 0.2) is 23.4 Å². The highest BCUT2D eigenvalue weighted by Gasteiger charge is 2.22. The molecule has 2 aromatic heterocycles. The summed E-state index contributed by atoms with van der Waals surface area (Å²) >= 11 is 0. The number of oxime groups is 1. The highest BCUT2D eigenvalue weighted by Crippen LogP contribution is 2.35. The quantitative estimate of drug-likeness (QED) is 0.507. The van der Waals surface area contributed by atoms with Gasteiger partial charge in [-0.3, -0.25) is 4.57 Å². The summed E-state index contributed by atoms with van der Waals surface area (Å²) in [6.45, 7) is 7.87. The van der Waals surface area contributed by atoms with Gasteiger partial charge >= 0.3 is 0 Å². The van der Waals surface area contributed by atoms with Crippen molar-refractivity contribution in [3.8, 4) is 17.2 Å². The minimum Gasteiger partial charge on any atom is -0.497 e. The second-order valence-corrected chi connectivity index (χ2v) is 6.26. The number of hydrogen-bond acceptors (Lipinski definition) is 6. The summed E-state index contributed by atoms with van der Waals surface area (Å²) in [5.74, 6) is 2.10. The van der Waals surface area contributed by atoms with E-state index in [2.05, 4.69) is 28.6 Å². The molecule has 0 radical (unpaired) electrons. The minimum atomic E-state index is 0.661. The lowest BCUT2D eigenvalue weighted by Gasteiger charge is -2.14. The van der Waals surface area contributed by atoms with Crippen molar-refractivity contribution in [2.45, 2.75) is 27.7 Å². The monoisotopic (exact) mass is 368 g/mol. The zero-order valence-electron chi connectivity index (χ0n) is 16.7. The normalized spacial score (nSPS) is 11.7. The Morgan fingerprint density at radius 2 is 1.78 bits per heavy atom. The number of hydrogen-bond donors (Lipinski definition) is 0. The van der Waals surface area contributed by atoms with Gasteiger partial charge in [0.15, 0.2) is 0 Å². The summed E-state index contributed by atoms with van der Waals surface area (Å²) in [5.41, 5.74) is 5.31. The molecule has 7 heteroatoms. The molecular formula is C20H24N4O3. The van der Waals surface area contributed by atoms with E-state index in [1.165, 1.54) is 7.11 Å². The number of rotatable bonds is 5. The molecule has 0 bridgehead atoms. The number of methoxy groups -OCH3 is 2. The van der Waals surface area contributed by atoms with Crippen LogP contribution in [0.1, 0.15) is 29.7 Å². The number of nitrogens with zero attached hydrogens (tertiary/aromatic N) is 4. The molecule has 0 N–H and O–H groups in total. The number of aryl methyl sites for hydroxylation is 2. The smallest absolute Gasteiger partial charge is 0.149 e. The van der Waals surface area contributed by atoms with Crippen LogP contribution in [0.25, 0.3) is 16.7 Å². The van der Waals surface area contributed by atoms with E-state index in [1.807, 2.05) is 32.0 Å². The molecule has 3 aromatic rings. The number of aromatic nitrogens is 3. The van der Waals surface area contributed by atoms with Crippen LogP contribution in [0.4, 0.5) is 0 Å². The second kappa shape index (κ2) is 7.26. The Balaban J connectivity index is 2.40. The fourth-order valence-electron chi connectivity index (χ4n) is 3.28. The third kappa shape index (κ3) is 3.09. The van der Waals surface area contributed by atoms with Gasteiger partial charge in [0, 0.05) is 11.8 Å². The first-order valence-electron chi connectivity index (χ1n) is 8.59. The van der Waals surface area contributed by atoms with Gasteiger partial charge in [-0.15, -0.1) is 0 Å². The first kappa shape index (κ1) is 18.7. The Kier molecular flexibility index (Phi) is 5.03. The summed E-state index contributed by atoms with van der Waals surface area (Å²) < 4.78 is 13.0. The molecule has 1 aromatic carbocycles. The molecular weight excluding hydrogens is 344 g/mol. The molecule has 0 saturated carbocycles. The van der Waals surface area contributed by atoms with E-state index in [4.69, 9.17) is 19.3 Å². The molecule has 0 unspecified atom stereocenters. The first-order chi connectivity index (χ1) is 12.9. The third-order valence-corrected chi connectivity index (χ3v) is 4.67. The Morgan fingerprint density at radius 1 is 1.04 bits per heavy atom. The van der Waals surface area contributed by atoms with E-state index in [1.54, 1.807) is 14.2 Å². The molecule has 0 aliphatic rings. The van der Waals surface area contributed by atoms with Crippen LogP contribution in [0.5, 0.6) is 11.5 Å². The molecule has 0 saturated heterocycles. The van der Waals surface area contributed by atoms with Gasteiger partial charge in [0.1, 0.15) is 41.5 Å². The fraction of sp³-hybridized carbons (Fsp3) is 0.350. The standard InChI is InChI=1S/C20H24N4O3/c1-11-13(3)24(16-9-8-15(25-5)10-17(16)26-6)20-18(11)19(12(2)23-27-7)21-14(4)22-20/h8-10H,1-7H3/b23-12+. The summed E-state index contributed by atoms with van der Waals surface area (Å²) in [4.78, 5) is 14.3. The van der Waals surface area contributed by atoms with Gasteiger partial charge in [0.2, 0.25) is 0 Å². The van der Waals surface area contributed by atoms with Gasteiger partial charge in [-0.2, -0.15) is 0 Å². The first-order valence-corrected chi connectivity index (χ1v) is 8.59. The largest absolute Gasteiger partial charge is 0.497 e. The Labute approximate surface area is 158 Å². The van der Waals surface area contributed by atoms with Crippen LogP contribution < -0.4 is 9.47 Å². The van der Waals surface area contributed by atoms with Crippen molar-refractivity contribution in [3.63, 3.8) is 0 Å². The molecule has 3 rings (SSSR count). The lowest BCUT2D eigenvalue weighted by atomic mass is 10.1. The second-order valence-electron chi connectivity index (χ2n) is 6.26. The SMILES string of the molecule is CO/N=C(\C)c1nc(C)nc2c1c(C)c(C)n2-c1ccc(OC)cc1OC. The summed E-state index contributed by atoms with van der Waals surface area (Å²) in [7, 11) is 4.81. The molecule has 0 aliphatic carbocycles. The predicted molar refractivity (Wildman–Crippen MR) is 105 cm³/mol. The van der Waals surface area contributed by atoms with Gasteiger partial charge in [-0.05, 0) is 45.4 Å². The molecule has 27 heavy (non-hydrogen) atoms. The average Bonchev–Trinajstić information content (AvgIpc) is 2.91. The molecule has 0 aliphatic heterocycles. The van der Waals surface area contributed by atoms with Gasteiger partial charge in [0.25, 0.3) is 0 Å².